The van der Waals surface area contributed by atoms with Crippen molar-refractivity contribution in [3.05, 3.63) is 18.0 Å². The van der Waals surface area contributed by atoms with Crippen LogP contribution in [0.3, 0.4) is 0 Å². The standard InChI is InChI=1S/C10H17ClN2O2/c1-9(11)10-7-12-13(8-10)3-4-15-6-5-14-2/h7-9H,3-6H2,1-2H3. The monoisotopic (exact) mass is 232 g/mol. The maximum absolute atomic E-state index is 5.92. The van der Waals surface area contributed by atoms with Gasteiger partial charge in [0.05, 0.1) is 37.9 Å². The molecular formula is C10H17ClN2O2. The fourth-order valence-electron chi connectivity index (χ4n) is 1.11. The predicted octanol–water partition coefficient (Wildman–Crippen LogP) is 1.85. The van der Waals surface area contributed by atoms with Crippen molar-refractivity contribution in [2.45, 2.75) is 18.8 Å². The number of alkyl halides is 1. The summed E-state index contributed by atoms with van der Waals surface area (Å²) in [5.74, 6) is 0. The molecule has 0 bridgehead atoms. The van der Waals surface area contributed by atoms with E-state index in [2.05, 4.69) is 5.10 Å². The Morgan fingerprint density at radius 2 is 2.27 bits per heavy atom. The van der Waals surface area contributed by atoms with Gasteiger partial charge in [0.2, 0.25) is 0 Å². The third-order valence-electron chi connectivity index (χ3n) is 2.01. The average molecular weight is 233 g/mol. The third kappa shape index (κ3) is 4.64. The Kier molecular flexibility index (Phi) is 5.68. The molecule has 1 unspecified atom stereocenters. The van der Waals surface area contributed by atoms with Gasteiger partial charge in [0.25, 0.3) is 0 Å². The molecule has 0 N–H and O–H groups in total. The molecule has 15 heavy (non-hydrogen) atoms. The summed E-state index contributed by atoms with van der Waals surface area (Å²) in [5.41, 5.74) is 1.04. The molecule has 5 heteroatoms. The van der Waals surface area contributed by atoms with Crippen molar-refractivity contribution in [1.29, 1.82) is 0 Å². The number of rotatable bonds is 7. The first kappa shape index (κ1) is 12.5. The molecule has 0 spiro atoms. The molecular weight excluding hydrogens is 216 g/mol. The highest BCUT2D eigenvalue weighted by molar-refractivity contribution is 6.20. The number of aromatic nitrogens is 2. The minimum atomic E-state index is 0.00756. The van der Waals surface area contributed by atoms with Gasteiger partial charge in [-0.1, -0.05) is 0 Å². The minimum absolute atomic E-state index is 0.00756. The Labute approximate surface area is 95.1 Å². The predicted molar refractivity (Wildman–Crippen MR) is 59.2 cm³/mol. The summed E-state index contributed by atoms with van der Waals surface area (Å²) in [4.78, 5) is 0. The molecule has 86 valence electrons. The fraction of sp³-hybridized carbons (Fsp3) is 0.700. The van der Waals surface area contributed by atoms with Gasteiger partial charge in [0, 0.05) is 18.9 Å². The maximum Gasteiger partial charge on any atom is 0.0701 e. The highest BCUT2D eigenvalue weighted by atomic mass is 35.5. The van der Waals surface area contributed by atoms with Gasteiger partial charge in [0.15, 0.2) is 0 Å². The summed E-state index contributed by atoms with van der Waals surface area (Å²) in [7, 11) is 1.66. The molecule has 1 aromatic heterocycles. The van der Waals surface area contributed by atoms with Crippen LogP contribution < -0.4 is 0 Å². The average Bonchev–Trinajstić information content (AvgIpc) is 2.66. The second-order valence-electron chi connectivity index (χ2n) is 3.26. The van der Waals surface area contributed by atoms with E-state index in [1.807, 2.05) is 17.8 Å². The number of hydrogen-bond acceptors (Lipinski definition) is 3. The van der Waals surface area contributed by atoms with Crippen molar-refractivity contribution in [3.63, 3.8) is 0 Å². The molecule has 0 aromatic carbocycles. The normalized spacial score (nSPS) is 13.0. The van der Waals surface area contributed by atoms with Gasteiger partial charge >= 0.3 is 0 Å². The van der Waals surface area contributed by atoms with E-state index in [1.165, 1.54) is 0 Å². The van der Waals surface area contributed by atoms with Crippen LogP contribution in [-0.2, 0) is 16.0 Å². The Hall–Kier alpha value is -0.580. The third-order valence-corrected chi connectivity index (χ3v) is 2.26. The van der Waals surface area contributed by atoms with Gasteiger partial charge in [-0.2, -0.15) is 5.10 Å². The van der Waals surface area contributed by atoms with E-state index >= 15 is 0 Å². The summed E-state index contributed by atoms with van der Waals surface area (Å²) in [6.45, 7) is 4.56. The lowest BCUT2D eigenvalue weighted by molar-refractivity contribution is 0.0654. The van der Waals surface area contributed by atoms with Gasteiger partial charge in [-0.15, -0.1) is 11.6 Å². The van der Waals surface area contributed by atoms with Crippen LogP contribution in [-0.4, -0.2) is 36.7 Å². The van der Waals surface area contributed by atoms with Crippen LogP contribution in [0.5, 0.6) is 0 Å². The van der Waals surface area contributed by atoms with Gasteiger partial charge in [-0.25, -0.2) is 0 Å². The largest absolute Gasteiger partial charge is 0.382 e. The van der Waals surface area contributed by atoms with Crippen molar-refractivity contribution in [2.75, 3.05) is 26.9 Å². The molecule has 4 nitrogen and oxygen atoms in total. The maximum atomic E-state index is 5.92. The van der Waals surface area contributed by atoms with Crippen LogP contribution in [0.15, 0.2) is 12.4 Å². The smallest absolute Gasteiger partial charge is 0.0701 e. The summed E-state index contributed by atoms with van der Waals surface area (Å²) >= 11 is 5.92. The second-order valence-corrected chi connectivity index (χ2v) is 3.91. The molecule has 0 saturated carbocycles. The molecule has 0 saturated heterocycles. The van der Waals surface area contributed by atoms with Gasteiger partial charge in [0.1, 0.15) is 0 Å². The lowest BCUT2D eigenvalue weighted by atomic mass is 10.3. The topological polar surface area (TPSA) is 36.3 Å². The minimum Gasteiger partial charge on any atom is -0.382 e. The van der Waals surface area contributed by atoms with Crippen molar-refractivity contribution in [1.82, 2.24) is 9.78 Å². The zero-order chi connectivity index (χ0) is 11.1. The first-order chi connectivity index (χ1) is 7.24. The van der Waals surface area contributed by atoms with Crippen molar-refractivity contribution < 1.29 is 9.47 Å². The summed E-state index contributed by atoms with van der Waals surface area (Å²) in [5, 5.41) is 4.18. The van der Waals surface area contributed by atoms with E-state index < -0.39 is 0 Å². The lowest BCUT2D eigenvalue weighted by Gasteiger charge is -2.03. The first-order valence-electron chi connectivity index (χ1n) is 4.97. The Morgan fingerprint density at radius 3 is 2.87 bits per heavy atom. The van der Waals surface area contributed by atoms with E-state index in [9.17, 15) is 0 Å². The summed E-state index contributed by atoms with van der Waals surface area (Å²) in [6.07, 6.45) is 3.73. The molecule has 0 aliphatic rings. The fourth-order valence-corrected chi connectivity index (χ4v) is 1.22. The van der Waals surface area contributed by atoms with E-state index in [4.69, 9.17) is 21.1 Å². The Bertz CT molecular complexity index is 276. The van der Waals surface area contributed by atoms with Crippen molar-refractivity contribution >= 4 is 11.6 Å². The van der Waals surface area contributed by atoms with Crippen LogP contribution in [0.1, 0.15) is 17.9 Å². The number of halogens is 1. The molecule has 0 aliphatic heterocycles. The number of nitrogens with zero attached hydrogens (tertiary/aromatic N) is 2. The van der Waals surface area contributed by atoms with Gasteiger partial charge < -0.3 is 9.47 Å². The van der Waals surface area contributed by atoms with Crippen LogP contribution >= 0.6 is 11.6 Å². The van der Waals surface area contributed by atoms with E-state index in [1.54, 1.807) is 13.3 Å². The Balaban J connectivity index is 2.20. The number of ether oxygens (including phenoxy) is 2. The molecule has 1 atom stereocenters. The van der Waals surface area contributed by atoms with Crippen molar-refractivity contribution in [3.8, 4) is 0 Å². The van der Waals surface area contributed by atoms with Crippen LogP contribution in [0.4, 0.5) is 0 Å². The molecule has 0 radical (unpaired) electrons. The van der Waals surface area contributed by atoms with E-state index in [0.717, 1.165) is 12.1 Å². The molecule has 0 aliphatic carbocycles. The molecule has 1 rings (SSSR count). The molecule has 0 amide bonds. The summed E-state index contributed by atoms with van der Waals surface area (Å²) < 4.78 is 12.0. The highest BCUT2D eigenvalue weighted by Gasteiger charge is 2.03. The van der Waals surface area contributed by atoms with Crippen LogP contribution in [0.25, 0.3) is 0 Å². The van der Waals surface area contributed by atoms with Crippen LogP contribution in [0.2, 0.25) is 0 Å². The second kappa shape index (κ2) is 6.82. The lowest BCUT2D eigenvalue weighted by Crippen LogP contribution is -2.09. The van der Waals surface area contributed by atoms with Crippen molar-refractivity contribution in [2.24, 2.45) is 0 Å². The quantitative estimate of drug-likeness (QED) is 0.532. The van der Waals surface area contributed by atoms with Gasteiger partial charge in [-0.3, -0.25) is 4.68 Å². The number of hydrogen-bond donors (Lipinski definition) is 0. The zero-order valence-corrected chi connectivity index (χ0v) is 9.91. The van der Waals surface area contributed by atoms with Crippen LogP contribution in [0, 0.1) is 0 Å². The summed E-state index contributed by atoms with van der Waals surface area (Å²) in [6, 6.07) is 0. The first-order valence-corrected chi connectivity index (χ1v) is 5.40. The van der Waals surface area contributed by atoms with Gasteiger partial charge in [-0.05, 0) is 6.92 Å². The number of methoxy groups -OCH3 is 1. The molecule has 0 fully saturated rings. The SMILES string of the molecule is COCCOCCn1cc(C(C)Cl)cn1. The molecule has 1 heterocycles. The Morgan fingerprint density at radius 1 is 1.47 bits per heavy atom. The van der Waals surface area contributed by atoms with E-state index in [-0.39, 0.29) is 5.38 Å². The van der Waals surface area contributed by atoms with E-state index in [0.29, 0.717) is 19.8 Å². The zero-order valence-electron chi connectivity index (χ0n) is 9.15. The highest BCUT2D eigenvalue weighted by Crippen LogP contribution is 2.17. The molecule has 1 aromatic rings.